The summed E-state index contributed by atoms with van der Waals surface area (Å²) < 4.78 is 4.91. The largest absolute Gasteiger partial charge is 0.383 e. The second-order valence-corrected chi connectivity index (χ2v) is 5.62. The van der Waals surface area contributed by atoms with E-state index < -0.39 is 0 Å². The van der Waals surface area contributed by atoms with E-state index in [4.69, 9.17) is 27.9 Å². The highest BCUT2D eigenvalue weighted by Gasteiger charge is 2.18. The second-order valence-electron chi connectivity index (χ2n) is 4.81. The highest BCUT2D eigenvalue weighted by atomic mass is 35.5. The average molecular weight is 333 g/mol. The minimum Gasteiger partial charge on any atom is -0.383 e. The zero-order valence-corrected chi connectivity index (χ0v) is 14.1. The van der Waals surface area contributed by atoms with Gasteiger partial charge in [0.25, 0.3) is 0 Å². The van der Waals surface area contributed by atoms with Crippen LogP contribution in [0.2, 0.25) is 10.0 Å². The smallest absolute Gasteiger partial charge is 0.236 e. The van der Waals surface area contributed by atoms with Crippen molar-refractivity contribution in [3.8, 4) is 0 Å². The lowest BCUT2D eigenvalue weighted by Gasteiger charge is -2.22. The molecule has 118 valence electrons. The Bertz CT molecular complexity index is 469. The lowest BCUT2D eigenvalue weighted by molar-refractivity contribution is -0.123. The van der Waals surface area contributed by atoms with E-state index in [0.29, 0.717) is 23.2 Å². The maximum absolute atomic E-state index is 11.9. The van der Waals surface area contributed by atoms with Crippen molar-refractivity contribution in [3.63, 3.8) is 0 Å². The zero-order chi connectivity index (χ0) is 15.8. The van der Waals surface area contributed by atoms with Gasteiger partial charge in [-0.3, -0.25) is 10.1 Å². The van der Waals surface area contributed by atoms with E-state index in [1.807, 2.05) is 19.1 Å². The number of carbonyl (C=O) groups excluding carboxylic acids is 1. The van der Waals surface area contributed by atoms with Crippen molar-refractivity contribution < 1.29 is 9.53 Å². The molecule has 6 heteroatoms. The van der Waals surface area contributed by atoms with Crippen molar-refractivity contribution in [2.24, 2.45) is 0 Å². The van der Waals surface area contributed by atoms with Crippen LogP contribution < -0.4 is 10.6 Å². The van der Waals surface area contributed by atoms with Crippen molar-refractivity contribution in [2.75, 3.05) is 20.3 Å². The third kappa shape index (κ3) is 5.83. The fourth-order valence-corrected chi connectivity index (χ4v) is 2.29. The number of carbonyl (C=O) groups is 1. The molecule has 4 nitrogen and oxygen atoms in total. The summed E-state index contributed by atoms with van der Waals surface area (Å²) in [6.45, 7) is 4.89. The maximum Gasteiger partial charge on any atom is 0.236 e. The standard InChI is InChI=1S/C15H22Cl2N2O2/c1-4-14(11-5-6-12(16)13(17)9-11)19-10(2)15(20)18-7-8-21-3/h5-6,9-10,14,19H,4,7-8H2,1-3H3,(H,18,20). The molecule has 0 bridgehead atoms. The molecule has 0 heterocycles. The molecule has 0 saturated heterocycles. The van der Waals surface area contributed by atoms with Crippen molar-refractivity contribution >= 4 is 29.1 Å². The van der Waals surface area contributed by atoms with E-state index in [9.17, 15) is 4.79 Å². The third-order valence-electron chi connectivity index (χ3n) is 3.20. The van der Waals surface area contributed by atoms with E-state index in [2.05, 4.69) is 17.6 Å². The molecule has 0 aliphatic rings. The van der Waals surface area contributed by atoms with Crippen LogP contribution in [0.3, 0.4) is 0 Å². The third-order valence-corrected chi connectivity index (χ3v) is 3.94. The van der Waals surface area contributed by atoms with Crippen LogP contribution in [0.5, 0.6) is 0 Å². The molecule has 1 aromatic carbocycles. The molecule has 21 heavy (non-hydrogen) atoms. The van der Waals surface area contributed by atoms with Gasteiger partial charge < -0.3 is 10.1 Å². The highest BCUT2D eigenvalue weighted by Crippen LogP contribution is 2.27. The minimum atomic E-state index is -0.304. The summed E-state index contributed by atoms with van der Waals surface area (Å²) in [7, 11) is 1.60. The number of benzene rings is 1. The summed E-state index contributed by atoms with van der Waals surface area (Å²) in [6.07, 6.45) is 0.841. The van der Waals surface area contributed by atoms with E-state index in [0.717, 1.165) is 12.0 Å². The molecular formula is C15H22Cl2N2O2. The number of methoxy groups -OCH3 is 1. The van der Waals surface area contributed by atoms with Gasteiger partial charge in [-0.2, -0.15) is 0 Å². The number of rotatable bonds is 8. The molecule has 2 N–H and O–H groups in total. The van der Waals surface area contributed by atoms with Gasteiger partial charge in [0.15, 0.2) is 0 Å². The highest BCUT2D eigenvalue weighted by molar-refractivity contribution is 6.42. The van der Waals surface area contributed by atoms with Crippen LogP contribution in [-0.2, 0) is 9.53 Å². The quantitative estimate of drug-likeness (QED) is 0.719. The van der Waals surface area contributed by atoms with Gasteiger partial charge in [-0.05, 0) is 31.0 Å². The van der Waals surface area contributed by atoms with Crippen molar-refractivity contribution in [3.05, 3.63) is 33.8 Å². The summed E-state index contributed by atoms with van der Waals surface area (Å²) in [5.41, 5.74) is 1.02. The Hall–Kier alpha value is -0.810. The van der Waals surface area contributed by atoms with Gasteiger partial charge in [-0.15, -0.1) is 0 Å². The Kier molecular flexibility index (Phi) is 8.04. The average Bonchev–Trinajstić information content (AvgIpc) is 2.47. The Morgan fingerprint density at radius 2 is 2.05 bits per heavy atom. The molecule has 0 spiro atoms. The van der Waals surface area contributed by atoms with E-state index in [1.165, 1.54) is 0 Å². The van der Waals surface area contributed by atoms with Gasteiger partial charge in [0, 0.05) is 19.7 Å². The predicted octanol–water partition coefficient (Wildman–Crippen LogP) is 3.19. The lowest BCUT2D eigenvalue weighted by Crippen LogP contribution is -2.44. The molecule has 1 aromatic rings. The number of halogens is 2. The monoisotopic (exact) mass is 332 g/mol. The molecule has 0 aliphatic carbocycles. The Labute approximate surface area is 136 Å². The van der Waals surface area contributed by atoms with Crippen molar-refractivity contribution in [2.45, 2.75) is 32.4 Å². The molecule has 1 rings (SSSR count). The first-order chi connectivity index (χ1) is 9.99. The van der Waals surface area contributed by atoms with Crippen LogP contribution in [-0.4, -0.2) is 32.2 Å². The van der Waals surface area contributed by atoms with Crippen LogP contribution >= 0.6 is 23.2 Å². The van der Waals surface area contributed by atoms with Crippen LogP contribution in [0, 0.1) is 0 Å². The second kappa shape index (κ2) is 9.26. The molecule has 0 aromatic heterocycles. The number of ether oxygens (including phenoxy) is 1. The molecule has 1 amide bonds. The summed E-state index contributed by atoms with van der Waals surface area (Å²) in [6, 6.07) is 5.27. The van der Waals surface area contributed by atoms with Crippen LogP contribution in [0.15, 0.2) is 18.2 Å². The fraction of sp³-hybridized carbons (Fsp3) is 0.533. The molecule has 0 saturated carbocycles. The van der Waals surface area contributed by atoms with Gasteiger partial charge in [0.1, 0.15) is 0 Å². The molecule has 0 fully saturated rings. The molecule has 2 unspecified atom stereocenters. The fourth-order valence-electron chi connectivity index (χ4n) is 1.99. The lowest BCUT2D eigenvalue weighted by atomic mass is 10.0. The van der Waals surface area contributed by atoms with E-state index in [1.54, 1.807) is 13.2 Å². The van der Waals surface area contributed by atoms with Gasteiger partial charge in [-0.1, -0.05) is 36.2 Å². The minimum absolute atomic E-state index is 0.0444. The normalized spacial score (nSPS) is 13.8. The van der Waals surface area contributed by atoms with Crippen LogP contribution in [0.4, 0.5) is 0 Å². The molecule has 0 radical (unpaired) electrons. The Balaban J connectivity index is 2.64. The topological polar surface area (TPSA) is 50.4 Å². The Morgan fingerprint density at radius 1 is 1.33 bits per heavy atom. The summed E-state index contributed by atoms with van der Waals surface area (Å²) >= 11 is 12.0. The number of nitrogens with one attached hydrogen (secondary N) is 2. The van der Waals surface area contributed by atoms with E-state index >= 15 is 0 Å². The maximum atomic E-state index is 11.9. The predicted molar refractivity (Wildman–Crippen MR) is 87.0 cm³/mol. The van der Waals surface area contributed by atoms with Crippen molar-refractivity contribution in [1.82, 2.24) is 10.6 Å². The van der Waals surface area contributed by atoms with Gasteiger partial charge in [-0.25, -0.2) is 0 Å². The first-order valence-corrected chi connectivity index (χ1v) is 7.72. The molecule has 0 aliphatic heterocycles. The van der Waals surface area contributed by atoms with Gasteiger partial charge >= 0.3 is 0 Å². The van der Waals surface area contributed by atoms with Gasteiger partial charge in [0.05, 0.1) is 22.7 Å². The van der Waals surface area contributed by atoms with Crippen molar-refractivity contribution in [1.29, 1.82) is 0 Å². The zero-order valence-electron chi connectivity index (χ0n) is 12.6. The van der Waals surface area contributed by atoms with Gasteiger partial charge in [0.2, 0.25) is 5.91 Å². The Morgan fingerprint density at radius 3 is 2.62 bits per heavy atom. The molecular weight excluding hydrogens is 311 g/mol. The SMILES string of the molecule is CCC(NC(C)C(=O)NCCOC)c1ccc(Cl)c(Cl)c1. The summed E-state index contributed by atoms with van der Waals surface area (Å²) in [4.78, 5) is 11.9. The number of amides is 1. The molecule has 2 atom stereocenters. The number of hydrogen-bond donors (Lipinski definition) is 2. The van der Waals surface area contributed by atoms with Crippen LogP contribution in [0.1, 0.15) is 31.9 Å². The first kappa shape index (κ1) is 18.2. The van der Waals surface area contributed by atoms with Crippen LogP contribution in [0.25, 0.3) is 0 Å². The number of hydrogen-bond acceptors (Lipinski definition) is 3. The summed E-state index contributed by atoms with van der Waals surface area (Å²) in [5, 5.41) is 7.16. The van der Waals surface area contributed by atoms with E-state index in [-0.39, 0.29) is 18.0 Å². The first-order valence-electron chi connectivity index (χ1n) is 6.97. The summed E-state index contributed by atoms with van der Waals surface area (Å²) in [5.74, 6) is -0.0504.